The first-order valence-corrected chi connectivity index (χ1v) is 5.41. The summed E-state index contributed by atoms with van der Waals surface area (Å²) in [6.45, 7) is 3.94. The van der Waals surface area contributed by atoms with Gasteiger partial charge in [0.1, 0.15) is 0 Å². The summed E-state index contributed by atoms with van der Waals surface area (Å²) in [5, 5.41) is 3.52. The minimum absolute atomic E-state index is 0.912. The van der Waals surface area contributed by atoms with Crippen molar-refractivity contribution in [2.75, 3.05) is 19.6 Å². The molecule has 0 aliphatic carbocycles. The van der Waals surface area contributed by atoms with E-state index in [2.05, 4.69) is 10.2 Å². The normalized spacial score (nSPS) is 47.5. The molecule has 0 radical (unpaired) electrons. The van der Waals surface area contributed by atoms with E-state index in [1.165, 1.54) is 45.3 Å². The fourth-order valence-electron chi connectivity index (χ4n) is 3.41. The molecule has 3 aliphatic rings. The summed E-state index contributed by atoms with van der Waals surface area (Å²) in [5.74, 6) is 0.994. The van der Waals surface area contributed by atoms with Crippen molar-refractivity contribution in [2.24, 2.45) is 5.92 Å². The van der Waals surface area contributed by atoms with E-state index < -0.39 is 0 Å². The lowest BCUT2D eigenvalue weighted by Gasteiger charge is -2.33. The molecule has 0 aromatic heterocycles. The van der Waals surface area contributed by atoms with Gasteiger partial charge in [0, 0.05) is 18.6 Å². The van der Waals surface area contributed by atoms with Crippen LogP contribution in [0.5, 0.6) is 0 Å². The summed E-state index contributed by atoms with van der Waals surface area (Å²) in [6, 6.07) is 1.88. The molecule has 3 rings (SSSR count). The number of piperidine rings is 1. The van der Waals surface area contributed by atoms with Gasteiger partial charge in [-0.05, 0) is 38.3 Å². The average Bonchev–Trinajstić information content (AvgIpc) is 2.62. The monoisotopic (exact) mass is 166 g/mol. The first-order valence-electron chi connectivity index (χ1n) is 5.41. The van der Waals surface area contributed by atoms with Crippen molar-refractivity contribution in [2.45, 2.75) is 37.8 Å². The highest BCUT2D eigenvalue weighted by Crippen LogP contribution is 2.36. The molecular formula is C10H18N2. The molecule has 12 heavy (non-hydrogen) atoms. The van der Waals surface area contributed by atoms with E-state index in [4.69, 9.17) is 0 Å². The molecule has 0 amide bonds. The molecule has 68 valence electrons. The quantitative estimate of drug-likeness (QED) is 0.573. The molecule has 3 heterocycles. The van der Waals surface area contributed by atoms with Gasteiger partial charge in [-0.25, -0.2) is 0 Å². The number of hydrogen-bond donors (Lipinski definition) is 1. The molecule has 0 spiro atoms. The molecular weight excluding hydrogens is 148 g/mol. The topological polar surface area (TPSA) is 15.3 Å². The van der Waals surface area contributed by atoms with Crippen molar-refractivity contribution in [3.8, 4) is 0 Å². The van der Waals surface area contributed by atoms with Crippen molar-refractivity contribution < 1.29 is 0 Å². The van der Waals surface area contributed by atoms with Crippen molar-refractivity contribution in [3.63, 3.8) is 0 Å². The lowest BCUT2D eigenvalue weighted by molar-refractivity contribution is 0.151. The van der Waals surface area contributed by atoms with Crippen LogP contribution in [0, 0.1) is 5.92 Å². The Morgan fingerprint density at radius 1 is 1.17 bits per heavy atom. The van der Waals surface area contributed by atoms with Crippen LogP contribution in [0.1, 0.15) is 25.7 Å². The Morgan fingerprint density at radius 2 is 2.17 bits per heavy atom. The summed E-state index contributed by atoms with van der Waals surface area (Å²) in [7, 11) is 0. The highest BCUT2D eigenvalue weighted by atomic mass is 15.3. The number of nitrogens with one attached hydrogen (secondary N) is 1. The summed E-state index contributed by atoms with van der Waals surface area (Å²) in [6.07, 6.45) is 5.89. The van der Waals surface area contributed by atoms with Gasteiger partial charge in [-0.15, -0.1) is 0 Å². The molecule has 0 aromatic carbocycles. The van der Waals surface area contributed by atoms with Gasteiger partial charge in [-0.1, -0.05) is 6.42 Å². The van der Waals surface area contributed by atoms with Crippen LogP contribution in [0.15, 0.2) is 0 Å². The largest absolute Gasteiger partial charge is 0.315 e. The molecule has 0 bridgehead atoms. The van der Waals surface area contributed by atoms with E-state index in [0.29, 0.717) is 0 Å². The van der Waals surface area contributed by atoms with Gasteiger partial charge < -0.3 is 5.32 Å². The predicted octanol–water partition coefficient (Wildman–Crippen LogP) is 0.833. The Morgan fingerprint density at radius 3 is 3.17 bits per heavy atom. The van der Waals surface area contributed by atoms with E-state index in [0.717, 1.165) is 18.0 Å². The second kappa shape index (κ2) is 2.71. The van der Waals surface area contributed by atoms with Gasteiger partial charge in [0.05, 0.1) is 0 Å². The fourth-order valence-corrected chi connectivity index (χ4v) is 3.41. The number of nitrogens with zero attached hydrogens (tertiary/aromatic N) is 1. The Bertz CT molecular complexity index is 181. The second-order valence-corrected chi connectivity index (χ2v) is 4.61. The molecule has 2 heteroatoms. The zero-order chi connectivity index (χ0) is 7.97. The van der Waals surface area contributed by atoms with Crippen molar-refractivity contribution >= 4 is 0 Å². The zero-order valence-corrected chi connectivity index (χ0v) is 7.63. The van der Waals surface area contributed by atoms with Crippen LogP contribution >= 0.6 is 0 Å². The third-order valence-electron chi connectivity index (χ3n) is 3.98. The van der Waals surface area contributed by atoms with Gasteiger partial charge in [-0.2, -0.15) is 0 Å². The maximum absolute atomic E-state index is 3.52. The van der Waals surface area contributed by atoms with Gasteiger partial charge >= 0.3 is 0 Å². The summed E-state index contributed by atoms with van der Waals surface area (Å²) >= 11 is 0. The van der Waals surface area contributed by atoms with Gasteiger partial charge in [0.2, 0.25) is 0 Å². The minimum atomic E-state index is 0.912. The molecule has 3 atom stereocenters. The molecule has 2 nitrogen and oxygen atoms in total. The lowest BCUT2D eigenvalue weighted by atomic mass is 9.99. The smallest absolute Gasteiger partial charge is 0.0264 e. The van der Waals surface area contributed by atoms with Crippen molar-refractivity contribution in [1.82, 2.24) is 10.2 Å². The standard InChI is InChI=1S/C10H18N2/c1-2-4-12-9(3-1)5-8-6-11-7-10(8)12/h8-11H,1-7H2/t8-,9?,10+/m0/s1. The summed E-state index contributed by atoms with van der Waals surface area (Å²) in [4.78, 5) is 2.79. The van der Waals surface area contributed by atoms with E-state index in [1.807, 2.05) is 0 Å². The first kappa shape index (κ1) is 7.34. The first-order chi connectivity index (χ1) is 5.95. The molecule has 1 unspecified atom stereocenters. The predicted molar refractivity (Wildman–Crippen MR) is 49.1 cm³/mol. The van der Waals surface area contributed by atoms with Crippen LogP contribution in [-0.4, -0.2) is 36.6 Å². The summed E-state index contributed by atoms with van der Waals surface area (Å²) < 4.78 is 0. The maximum Gasteiger partial charge on any atom is 0.0264 e. The van der Waals surface area contributed by atoms with Crippen molar-refractivity contribution in [1.29, 1.82) is 0 Å². The highest BCUT2D eigenvalue weighted by molar-refractivity contribution is 5.00. The number of hydrogen-bond acceptors (Lipinski definition) is 2. The Labute approximate surface area is 74.3 Å². The third kappa shape index (κ3) is 0.944. The maximum atomic E-state index is 3.52. The molecule has 3 fully saturated rings. The molecule has 3 saturated heterocycles. The van der Waals surface area contributed by atoms with E-state index in [-0.39, 0.29) is 0 Å². The Hall–Kier alpha value is -0.0800. The van der Waals surface area contributed by atoms with Crippen LogP contribution in [-0.2, 0) is 0 Å². The Balaban J connectivity index is 1.79. The molecule has 0 aromatic rings. The Kier molecular flexibility index (Phi) is 1.66. The van der Waals surface area contributed by atoms with E-state index in [9.17, 15) is 0 Å². The van der Waals surface area contributed by atoms with E-state index in [1.54, 1.807) is 0 Å². The van der Waals surface area contributed by atoms with Crippen LogP contribution in [0.25, 0.3) is 0 Å². The molecule has 0 saturated carbocycles. The van der Waals surface area contributed by atoms with Crippen LogP contribution in [0.4, 0.5) is 0 Å². The zero-order valence-electron chi connectivity index (χ0n) is 7.63. The van der Waals surface area contributed by atoms with Gasteiger partial charge in [-0.3, -0.25) is 4.90 Å². The number of fused-ring (bicyclic) bond motifs is 3. The van der Waals surface area contributed by atoms with Gasteiger partial charge in [0.25, 0.3) is 0 Å². The molecule has 3 aliphatic heterocycles. The van der Waals surface area contributed by atoms with E-state index >= 15 is 0 Å². The fraction of sp³-hybridized carbons (Fsp3) is 1.00. The SMILES string of the molecule is C1CCN2C(C1)C[C@H]1CNC[C@H]12. The third-order valence-corrected chi connectivity index (χ3v) is 3.98. The van der Waals surface area contributed by atoms with Crippen LogP contribution in [0.3, 0.4) is 0 Å². The summed E-state index contributed by atoms with van der Waals surface area (Å²) in [5.41, 5.74) is 0. The average molecular weight is 166 g/mol. The highest BCUT2D eigenvalue weighted by Gasteiger charge is 2.43. The van der Waals surface area contributed by atoms with Crippen LogP contribution < -0.4 is 5.32 Å². The minimum Gasteiger partial charge on any atom is -0.315 e. The molecule has 1 N–H and O–H groups in total. The van der Waals surface area contributed by atoms with Gasteiger partial charge in [0.15, 0.2) is 0 Å². The lowest BCUT2D eigenvalue weighted by Crippen LogP contribution is -2.42. The van der Waals surface area contributed by atoms with Crippen molar-refractivity contribution in [3.05, 3.63) is 0 Å². The number of rotatable bonds is 0. The second-order valence-electron chi connectivity index (χ2n) is 4.61. The van der Waals surface area contributed by atoms with Crippen LogP contribution in [0.2, 0.25) is 0 Å².